The van der Waals surface area contributed by atoms with E-state index in [1.54, 1.807) is 45.3 Å². The van der Waals surface area contributed by atoms with Gasteiger partial charge in [-0.1, -0.05) is 24.7 Å². The number of anilines is 2. The zero-order valence-electron chi connectivity index (χ0n) is 26.2. The van der Waals surface area contributed by atoms with Gasteiger partial charge in [0.1, 0.15) is 17.4 Å². The summed E-state index contributed by atoms with van der Waals surface area (Å²) in [6.45, 7) is 6.50. The Morgan fingerprint density at radius 1 is 1.20 bits per heavy atom. The number of pyridine rings is 1. The number of benzene rings is 1. The number of carbonyl (C=O) groups excluding carboxylic acids is 3. The number of nitrogens with one attached hydrogen (secondary N) is 1. The third-order valence-corrected chi connectivity index (χ3v) is 6.93. The molecule has 10 nitrogen and oxygen atoms in total. The molecule has 0 spiro atoms. The molecule has 1 fully saturated rings. The van der Waals surface area contributed by atoms with Gasteiger partial charge in [-0.2, -0.15) is 0 Å². The van der Waals surface area contributed by atoms with Crippen LogP contribution < -0.4 is 9.62 Å². The summed E-state index contributed by atoms with van der Waals surface area (Å²) >= 11 is 0.916. The average Bonchev–Trinajstić information content (AvgIpc) is 2.99. The summed E-state index contributed by atoms with van der Waals surface area (Å²) in [6.07, 6.45) is 2.87. The van der Waals surface area contributed by atoms with Crippen LogP contribution in [0.15, 0.2) is 67.1 Å². The Kier molecular flexibility index (Phi) is 6.25. The lowest BCUT2D eigenvalue weighted by Gasteiger charge is -2.34. The molecule has 0 saturated carbocycles. The highest BCUT2D eigenvalue weighted by Crippen LogP contribution is 2.29. The molecule has 2 unspecified atom stereocenters. The molecule has 5 rings (SSSR count). The first-order valence-electron chi connectivity index (χ1n) is 14.7. The van der Waals surface area contributed by atoms with Gasteiger partial charge in [-0.25, -0.2) is 9.78 Å². The van der Waals surface area contributed by atoms with E-state index in [0.717, 1.165) is 29.6 Å². The molecule has 1 saturated heterocycles. The number of hydrogen-bond acceptors (Lipinski definition) is 9. The Morgan fingerprint density at radius 3 is 2.83 bits per heavy atom. The monoisotopic (exact) mass is 562 g/mol. The fourth-order valence-corrected chi connectivity index (χ4v) is 4.79. The van der Waals surface area contributed by atoms with Crippen LogP contribution in [-0.2, 0) is 14.3 Å². The van der Waals surface area contributed by atoms with Crippen LogP contribution in [0.2, 0.25) is 0 Å². The summed E-state index contributed by atoms with van der Waals surface area (Å²) in [7, 11) is 0. The summed E-state index contributed by atoms with van der Waals surface area (Å²) in [4.78, 5) is 54.4. The van der Waals surface area contributed by atoms with Gasteiger partial charge >= 0.3 is 6.09 Å². The van der Waals surface area contributed by atoms with Gasteiger partial charge in [0.05, 0.1) is 33.2 Å². The van der Waals surface area contributed by atoms with Crippen molar-refractivity contribution in [2.45, 2.75) is 38.0 Å². The molecule has 11 heteroatoms. The minimum absolute atomic E-state index is 0.125. The lowest BCUT2D eigenvalue weighted by atomic mass is 10.0. The number of piperazine rings is 1. The molecule has 0 bridgehead atoms. The van der Waals surface area contributed by atoms with Gasteiger partial charge in [0.15, 0.2) is 11.6 Å². The minimum Gasteiger partial charge on any atom is -0.444 e. The zero-order chi connectivity index (χ0) is 31.8. The van der Waals surface area contributed by atoms with E-state index in [4.69, 9.17) is 10.2 Å². The molecular formula is C29H30N6O4S. The van der Waals surface area contributed by atoms with E-state index >= 15 is 0 Å². The van der Waals surface area contributed by atoms with Crippen LogP contribution in [0.1, 0.15) is 32.7 Å². The van der Waals surface area contributed by atoms with Crippen molar-refractivity contribution in [3.05, 3.63) is 67.1 Å². The summed E-state index contributed by atoms with van der Waals surface area (Å²) in [6, 6.07) is 6.71. The first-order chi connectivity index (χ1) is 20.9. The molecular weight excluding hydrogens is 528 g/mol. The normalized spacial score (nSPS) is 22.6. The third kappa shape index (κ3) is 6.15. The largest absolute Gasteiger partial charge is 0.444 e. The number of nitrogens with zero attached hydrogens (tertiary/aromatic N) is 5. The van der Waals surface area contributed by atoms with Crippen LogP contribution in [0, 0.1) is 0 Å². The van der Waals surface area contributed by atoms with E-state index in [-0.39, 0.29) is 36.7 Å². The average molecular weight is 563 g/mol. The van der Waals surface area contributed by atoms with E-state index in [1.165, 1.54) is 16.0 Å². The fourth-order valence-electron chi connectivity index (χ4n) is 4.06. The summed E-state index contributed by atoms with van der Waals surface area (Å²) in [5, 5.41) is -1.06. The highest BCUT2D eigenvalue weighted by Gasteiger charge is 2.31. The standard InChI is InChI=1S/C29H30N6O4S/c1-18-6-5-7-24(27(18)37)40-33-21-12-20(14-30-15-21)19-8-9-22-23(13-19)32-25(16-31-22)35-11-10-34(17-26(35)36)28(38)39-29(2,3)4/h5,7-9,12-16,24,33H,1,6,10-11,17H2,2-4H3/i1D,5D,6D,7D. The van der Waals surface area contributed by atoms with E-state index < -0.39 is 29.1 Å². The highest BCUT2D eigenvalue weighted by molar-refractivity contribution is 8.02. The Hall–Kier alpha value is -4.25. The van der Waals surface area contributed by atoms with Gasteiger partial charge in [-0.05, 0) is 68.5 Å². The molecule has 3 aromatic rings. The molecule has 2 amide bonds. The lowest BCUT2D eigenvalue weighted by Crippen LogP contribution is -2.53. The van der Waals surface area contributed by atoms with Crippen LogP contribution in [0.25, 0.3) is 22.2 Å². The molecule has 1 aliphatic heterocycles. The second-order valence-electron chi connectivity index (χ2n) is 10.2. The maximum atomic E-state index is 12.9. The second-order valence-corrected chi connectivity index (χ2v) is 11.1. The van der Waals surface area contributed by atoms with Crippen LogP contribution >= 0.6 is 11.9 Å². The number of rotatable bonds is 5. The first kappa shape index (κ1) is 22.6. The molecule has 3 heterocycles. The highest BCUT2D eigenvalue weighted by atomic mass is 32.2. The van der Waals surface area contributed by atoms with Crippen molar-refractivity contribution in [1.82, 2.24) is 19.9 Å². The predicted molar refractivity (Wildman–Crippen MR) is 156 cm³/mol. The molecule has 1 aromatic carbocycles. The molecule has 1 aliphatic carbocycles. The van der Waals surface area contributed by atoms with Gasteiger partial charge in [0.25, 0.3) is 0 Å². The molecule has 2 aliphatic rings. The summed E-state index contributed by atoms with van der Waals surface area (Å²) < 4.78 is 40.0. The van der Waals surface area contributed by atoms with Crippen LogP contribution in [0.4, 0.5) is 16.3 Å². The van der Waals surface area contributed by atoms with Gasteiger partial charge < -0.3 is 9.46 Å². The lowest BCUT2D eigenvalue weighted by molar-refractivity contribution is -0.121. The smallest absolute Gasteiger partial charge is 0.410 e. The molecule has 2 aromatic heterocycles. The van der Waals surface area contributed by atoms with Crippen molar-refractivity contribution < 1.29 is 24.6 Å². The Morgan fingerprint density at radius 2 is 2.05 bits per heavy atom. The quantitative estimate of drug-likeness (QED) is 0.266. The number of hydrogen-bond donors (Lipinski definition) is 1. The van der Waals surface area contributed by atoms with E-state index in [0.29, 0.717) is 29.1 Å². The number of carbonyl (C=O) groups is 3. The number of Topliss-reactive ketones (excluding diaryl/α,β-unsaturated/α-hetero) is 1. The maximum Gasteiger partial charge on any atom is 0.410 e. The summed E-state index contributed by atoms with van der Waals surface area (Å²) in [5.41, 5.74) is 2.42. The van der Waals surface area contributed by atoms with Crippen molar-refractivity contribution in [2.24, 2.45) is 0 Å². The SMILES string of the molecule is [2H]C=C1C(=O)C(SNc2cncc(-c3ccc4ncc(N5CCN(C(=O)OC(C)(C)C)CC5=O)nc4c3)c2)C([2H])=C([2H])C1[2H]. The number of ketones is 1. The maximum absolute atomic E-state index is 12.9. The van der Waals surface area contributed by atoms with Crippen molar-refractivity contribution in [2.75, 3.05) is 29.3 Å². The van der Waals surface area contributed by atoms with Gasteiger partial charge in [-0.15, -0.1) is 0 Å². The Balaban J connectivity index is 1.32. The zero-order valence-corrected chi connectivity index (χ0v) is 23.0. The number of aromatic nitrogens is 3. The van der Waals surface area contributed by atoms with Gasteiger partial charge in [0, 0.05) is 26.2 Å². The Bertz CT molecular complexity index is 1710. The number of allylic oxidation sites excluding steroid dienone is 2. The van der Waals surface area contributed by atoms with Crippen LogP contribution in [0.5, 0.6) is 0 Å². The second kappa shape index (κ2) is 11.1. The molecule has 2 atom stereocenters. The fraction of sp³-hybridized carbons (Fsp3) is 0.310. The number of ether oxygens (including phenoxy) is 1. The topological polar surface area (TPSA) is 118 Å². The molecule has 40 heavy (non-hydrogen) atoms. The van der Waals surface area contributed by atoms with Crippen molar-refractivity contribution in [3.8, 4) is 11.1 Å². The van der Waals surface area contributed by atoms with Crippen molar-refractivity contribution >= 4 is 52.3 Å². The number of fused-ring (bicyclic) bond motifs is 1. The predicted octanol–water partition coefficient (Wildman–Crippen LogP) is 4.79. The van der Waals surface area contributed by atoms with Gasteiger partial charge in [-0.3, -0.25) is 29.4 Å². The van der Waals surface area contributed by atoms with Crippen molar-refractivity contribution in [1.29, 1.82) is 0 Å². The molecule has 206 valence electrons. The van der Waals surface area contributed by atoms with Crippen LogP contribution in [-0.4, -0.2) is 68.1 Å². The molecule has 1 N–H and O–H groups in total. The van der Waals surface area contributed by atoms with Crippen molar-refractivity contribution in [3.63, 3.8) is 0 Å². The van der Waals surface area contributed by atoms with E-state index in [2.05, 4.69) is 19.7 Å². The van der Waals surface area contributed by atoms with E-state index in [1.807, 2.05) is 12.1 Å². The van der Waals surface area contributed by atoms with Gasteiger partial charge in [0.2, 0.25) is 5.91 Å². The van der Waals surface area contributed by atoms with E-state index in [9.17, 15) is 14.4 Å². The Labute approximate surface area is 242 Å². The minimum atomic E-state index is -1.33. The number of amides is 2. The summed E-state index contributed by atoms with van der Waals surface area (Å²) in [5.74, 6) is -0.471. The first-order valence-corrected chi connectivity index (χ1v) is 13.4. The molecule has 0 radical (unpaired) electrons. The van der Waals surface area contributed by atoms with Crippen LogP contribution in [0.3, 0.4) is 0 Å². The third-order valence-electron chi connectivity index (χ3n) is 6.01.